The van der Waals surface area contributed by atoms with E-state index in [-0.39, 0.29) is 25.3 Å². The number of carbonyl (C=O) groups is 1. The third-order valence-corrected chi connectivity index (χ3v) is 5.04. The highest BCUT2D eigenvalue weighted by Crippen LogP contribution is 2.32. The van der Waals surface area contributed by atoms with Crippen LogP contribution in [0.3, 0.4) is 0 Å². The monoisotopic (exact) mass is 388 g/mol. The zero-order valence-corrected chi connectivity index (χ0v) is 14.9. The van der Waals surface area contributed by atoms with E-state index in [2.05, 4.69) is 11.6 Å². The van der Waals surface area contributed by atoms with Crippen molar-refractivity contribution in [1.29, 1.82) is 0 Å². The van der Waals surface area contributed by atoms with Gasteiger partial charge in [-0.3, -0.25) is 4.79 Å². The SMILES string of the molecule is C=CCn1c(=NC(=O)Cc2ccc3c(c2)OCO3)sc2cc(F)cc(F)c21. The van der Waals surface area contributed by atoms with Crippen molar-refractivity contribution in [3.8, 4) is 11.5 Å². The van der Waals surface area contributed by atoms with E-state index >= 15 is 0 Å². The van der Waals surface area contributed by atoms with E-state index < -0.39 is 17.5 Å². The standard InChI is InChI=1S/C19H14F2N2O3S/c1-2-5-23-18-13(21)8-12(20)9-16(18)27-19(23)22-17(24)7-11-3-4-14-15(6-11)26-10-25-14/h2-4,6,8-9H,1,5,7,10H2. The molecule has 27 heavy (non-hydrogen) atoms. The van der Waals surface area contributed by atoms with E-state index in [1.165, 1.54) is 10.6 Å². The van der Waals surface area contributed by atoms with E-state index in [1.54, 1.807) is 24.3 Å². The van der Waals surface area contributed by atoms with Crippen LogP contribution >= 0.6 is 11.3 Å². The molecule has 0 atom stereocenters. The summed E-state index contributed by atoms with van der Waals surface area (Å²) < 4.78 is 40.2. The van der Waals surface area contributed by atoms with Gasteiger partial charge in [-0.15, -0.1) is 6.58 Å². The van der Waals surface area contributed by atoms with Gasteiger partial charge in [0.2, 0.25) is 6.79 Å². The van der Waals surface area contributed by atoms with Crippen LogP contribution in [0.1, 0.15) is 5.56 Å². The normalized spacial score (nSPS) is 13.3. The number of halogens is 2. The molecule has 1 amide bonds. The molecule has 0 unspecified atom stereocenters. The Hall–Kier alpha value is -3.00. The molecule has 2 heterocycles. The zero-order chi connectivity index (χ0) is 19.0. The maximum atomic E-state index is 14.2. The van der Waals surface area contributed by atoms with Crippen molar-refractivity contribution in [2.45, 2.75) is 13.0 Å². The summed E-state index contributed by atoms with van der Waals surface area (Å²) in [5.74, 6) is -0.562. The van der Waals surface area contributed by atoms with Crippen molar-refractivity contribution < 1.29 is 23.0 Å². The maximum Gasteiger partial charge on any atom is 0.252 e. The fraction of sp³-hybridized carbons (Fsp3) is 0.158. The average molecular weight is 388 g/mol. The number of ether oxygens (including phenoxy) is 2. The number of hydrogen-bond donors (Lipinski definition) is 0. The van der Waals surface area contributed by atoms with E-state index in [9.17, 15) is 13.6 Å². The molecule has 0 bridgehead atoms. The number of carbonyl (C=O) groups excluding carboxylic acids is 1. The Morgan fingerprint density at radius 1 is 1.26 bits per heavy atom. The highest BCUT2D eigenvalue weighted by molar-refractivity contribution is 7.16. The number of hydrogen-bond acceptors (Lipinski definition) is 4. The third-order valence-electron chi connectivity index (χ3n) is 4.02. The molecule has 4 rings (SSSR count). The Morgan fingerprint density at radius 3 is 2.89 bits per heavy atom. The van der Waals surface area contributed by atoms with Gasteiger partial charge in [-0.05, 0) is 23.8 Å². The second-order valence-electron chi connectivity index (χ2n) is 5.89. The molecule has 1 aliphatic rings. The first-order valence-corrected chi connectivity index (χ1v) is 8.92. The van der Waals surface area contributed by atoms with Gasteiger partial charge in [-0.2, -0.15) is 4.99 Å². The third kappa shape index (κ3) is 3.35. The fourth-order valence-corrected chi connectivity index (χ4v) is 3.98. The molecular formula is C19H14F2N2O3S. The second kappa shape index (κ2) is 6.96. The lowest BCUT2D eigenvalue weighted by molar-refractivity contribution is -0.117. The summed E-state index contributed by atoms with van der Waals surface area (Å²) in [6, 6.07) is 7.27. The summed E-state index contributed by atoms with van der Waals surface area (Å²) in [7, 11) is 0. The van der Waals surface area contributed by atoms with Gasteiger partial charge in [-0.1, -0.05) is 23.5 Å². The average Bonchev–Trinajstić information content (AvgIpc) is 3.19. The van der Waals surface area contributed by atoms with Crippen LogP contribution in [0.25, 0.3) is 10.2 Å². The number of rotatable bonds is 4. The Balaban J connectivity index is 1.71. The maximum absolute atomic E-state index is 14.2. The summed E-state index contributed by atoms with van der Waals surface area (Å²) >= 11 is 1.05. The minimum atomic E-state index is -0.701. The number of allylic oxidation sites excluding steroid dienone is 1. The van der Waals surface area contributed by atoms with Crippen molar-refractivity contribution in [1.82, 2.24) is 4.57 Å². The molecular weight excluding hydrogens is 374 g/mol. The lowest BCUT2D eigenvalue weighted by Crippen LogP contribution is -2.17. The largest absolute Gasteiger partial charge is 0.454 e. The van der Waals surface area contributed by atoms with Gasteiger partial charge in [0.15, 0.2) is 22.1 Å². The fourth-order valence-electron chi connectivity index (χ4n) is 2.88. The Labute approximate surface area is 156 Å². The lowest BCUT2D eigenvalue weighted by Gasteiger charge is -2.03. The van der Waals surface area contributed by atoms with Crippen molar-refractivity contribution >= 4 is 27.5 Å². The van der Waals surface area contributed by atoms with Crippen LogP contribution in [0.4, 0.5) is 8.78 Å². The van der Waals surface area contributed by atoms with Gasteiger partial charge in [0.05, 0.1) is 16.6 Å². The van der Waals surface area contributed by atoms with E-state index in [0.717, 1.165) is 23.0 Å². The molecule has 3 aromatic rings. The summed E-state index contributed by atoms with van der Waals surface area (Å²) in [6.45, 7) is 4.05. The molecule has 0 N–H and O–H groups in total. The molecule has 8 heteroatoms. The molecule has 0 saturated heterocycles. The van der Waals surface area contributed by atoms with E-state index in [1.807, 2.05) is 0 Å². The molecule has 0 aliphatic carbocycles. The predicted octanol–water partition coefficient (Wildman–Crippen LogP) is 3.57. The van der Waals surface area contributed by atoms with Gasteiger partial charge < -0.3 is 14.0 Å². The van der Waals surface area contributed by atoms with Crippen molar-refractivity contribution in [2.24, 2.45) is 4.99 Å². The van der Waals surface area contributed by atoms with E-state index in [4.69, 9.17) is 9.47 Å². The Morgan fingerprint density at radius 2 is 2.07 bits per heavy atom. The van der Waals surface area contributed by atoms with Crippen LogP contribution in [0, 0.1) is 11.6 Å². The molecule has 0 fully saturated rings. The Bertz CT molecular complexity index is 1130. The molecule has 0 radical (unpaired) electrons. The Kier molecular flexibility index (Phi) is 4.49. The van der Waals surface area contributed by atoms with Crippen LogP contribution in [0.5, 0.6) is 11.5 Å². The van der Waals surface area contributed by atoms with Gasteiger partial charge in [-0.25, -0.2) is 8.78 Å². The number of nitrogens with zero attached hydrogens (tertiary/aromatic N) is 2. The molecule has 0 saturated carbocycles. The number of thiazole rings is 1. The van der Waals surface area contributed by atoms with Crippen LogP contribution in [0.2, 0.25) is 0 Å². The van der Waals surface area contributed by atoms with E-state index in [0.29, 0.717) is 21.0 Å². The minimum Gasteiger partial charge on any atom is -0.454 e. The predicted molar refractivity (Wildman–Crippen MR) is 96.8 cm³/mol. The second-order valence-corrected chi connectivity index (χ2v) is 6.90. The topological polar surface area (TPSA) is 52.8 Å². The number of benzene rings is 2. The van der Waals surface area contributed by atoms with Crippen LogP contribution < -0.4 is 14.3 Å². The molecule has 0 spiro atoms. The van der Waals surface area contributed by atoms with Gasteiger partial charge in [0, 0.05) is 12.6 Å². The number of fused-ring (bicyclic) bond motifs is 2. The molecule has 138 valence electrons. The number of amides is 1. The molecule has 1 aliphatic heterocycles. The highest BCUT2D eigenvalue weighted by atomic mass is 32.1. The first kappa shape index (κ1) is 17.4. The minimum absolute atomic E-state index is 0.0514. The summed E-state index contributed by atoms with van der Waals surface area (Å²) in [4.78, 5) is 16.8. The first-order valence-electron chi connectivity index (χ1n) is 8.10. The van der Waals surface area contributed by atoms with Gasteiger partial charge in [0.1, 0.15) is 5.82 Å². The van der Waals surface area contributed by atoms with Crippen molar-refractivity contribution in [3.63, 3.8) is 0 Å². The zero-order valence-electron chi connectivity index (χ0n) is 14.1. The van der Waals surface area contributed by atoms with Gasteiger partial charge in [0.25, 0.3) is 5.91 Å². The summed E-state index contributed by atoms with van der Waals surface area (Å²) in [5.41, 5.74) is 0.928. The molecule has 1 aromatic heterocycles. The summed E-state index contributed by atoms with van der Waals surface area (Å²) in [6.07, 6.45) is 1.62. The smallest absolute Gasteiger partial charge is 0.252 e. The van der Waals surface area contributed by atoms with Crippen LogP contribution in [-0.4, -0.2) is 17.3 Å². The van der Waals surface area contributed by atoms with Crippen LogP contribution in [0.15, 0.2) is 48.0 Å². The molecule has 2 aromatic carbocycles. The van der Waals surface area contributed by atoms with Crippen molar-refractivity contribution in [2.75, 3.05) is 6.79 Å². The molecule has 5 nitrogen and oxygen atoms in total. The van der Waals surface area contributed by atoms with Crippen LogP contribution in [-0.2, 0) is 17.8 Å². The van der Waals surface area contributed by atoms with Crippen molar-refractivity contribution in [3.05, 3.63) is 65.0 Å². The lowest BCUT2D eigenvalue weighted by atomic mass is 10.1. The highest BCUT2D eigenvalue weighted by Gasteiger charge is 2.16. The quantitative estimate of drug-likeness (QED) is 0.642. The van der Waals surface area contributed by atoms with Gasteiger partial charge >= 0.3 is 0 Å². The first-order chi connectivity index (χ1) is 13.0. The number of aromatic nitrogens is 1. The summed E-state index contributed by atoms with van der Waals surface area (Å²) in [5, 5.41) is 0.